The number of rotatable bonds is 8. The molecule has 2 atom stereocenters. The molecule has 0 saturated carbocycles. The Morgan fingerprint density at radius 3 is 2.10 bits per heavy atom. The average Bonchev–Trinajstić information content (AvgIpc) is 2.71. The molecule has 0 saturated heterocycles. The van der Waals surface area contributed by atoms with Gasteiger partial charge in [0.15, 0.2) is 6.10 Å². The van der Waals surface area contributed by atoms with Gasteiger partial charge >= 0.3 is 6.03 Å². The number of hydrogen-bond donors (Lipinski definition) is 2. The number of nitrogens with zero attached hydrogens (tertiary/aromatic N) is 1. The van der Waals surface area contributed by atoms with Crippen molar-refractivity contribution in [1.29, 1.82) is 0 Å². The van der Waals surface area contributed by atoms with Gasteiger partial charge in [-0.15, -0.1) is 0 Å². The van der Waals surface area contributed by atoms with Crippen LogP contribution in [0.25, 0.3) is 0 Å². The summed E-state index contributed by atoms with van der Waals surface area (Å²) < 4.78 is 5.71. The summed E-state index contributed by atoms with van der Waals surface area (Å²) in [6.45, 7) is 10.9. The van der Waals surface area contributed by atoms with Gasteiger partial charge in [-0.2, -0.15) is 0 Å². The van der Waals surface area contributed by atoms with Crippen LogP contribution in [0.5, 0.6) is 5.75 Å². The van der Waals surface area contributed by atoms with Crippen LogP contribution in [0.15, 0.2) is 48.5 Å². The lowest BCUT2D eigenvalue weighted by atomic mass is 10.1. The molecule has 6 nitrogen and oxygen atoms in total. The zero-order chi connectivity index (χ0) is 21.4. The van der Waals surface area contributed by atoms with Crippen molar-refractivity contribution in [2.45, 2.75) is 46.8 Å². The molecule has 0 aliphatic rings. The molecule has 0 fully saturated rings. The van der Waals surface area contributed by atoms with Crippen molar-refractivity contribution in [3.8, 4) is 5.75 Å². The summed E-state index contributed by atoms with van der Waals surface area (Å²) in [7, 11) is 0. The van der Waals surface area contributed by atoms with Crippen LogP contribution in [0, 0.1) is 6.92 Å². The minimum Gasteiger partial charge on any atom is -0.481 e. The SMILES string of the molecule is CCN(CC)C(=O)Nc1ccc(C(C)NC(=O)C(C)Oc2ccc(C)cc2)cc1. The maximum Gasteiger partial charge on any atom is 0.321 e. The number of amides is 3. The second kappa shape index (κ2) is 10.5. The van der Waals surface area contributed by atoms with Gasteiger partial charge < -0.3 is 20.3 Å². The summed E-state index contributed by atoms with van der Waals surface area (Å²) in [4.78, 5) is 26.3. The Morgan fingerprint density at radius 1 is 0.966 bits per heavy atom. The van der Waals surface area contributed by atoms with E-state index in [-0.39, 0.29) is 18.0 Å². The number of nitrogens with one attached hydrogen (secondary N) is 2. The standard InChI is InChI=1S/C23H31N3O3/c1-6-26(7-2)23(28)25-20-12-10-19(11-13-20)17(4)24-22(27)18(5)29-21-14-8-16(3)9-15-21/h8-15,17-18H,6-7H2,1-5H3,(H,24,27)(H,25,28). The Bertz CT molecular complexity index is 799. The zero-order valence-electron chi connectivity index (χ0n) is 17.9. The van der Waals surface area contributed by atoms with E-state index in [1.54, 1.807) is 11.8 Å². The first-order valence-corrected chi connectivity index (χ1v) is 10.0. The van der Waals surface area contributed by atoms with Gasteiger partial charge in [0.05, 0.1) is 6.04 Å². The van der Waals surface area contributed by atoms with Crippen LogP contribution in [-0.2, 0) is 4.79 Å². The molecule has 2 N–H and O–H groups in total. The highest BCUT2D eigenvalue weighted by Gasteiger charge is 2.18. The first kappa shape index (κ1) is 22.3. The zero-order valence-corrected chi connectivity index (χ0v) is 17.9. The average molecular weight is 398 g/mol. The van der Waals surface area contributed by atoms with Crippen LogP contribution in [0.4, 0.5) is 10.5 Å². The molecular weight excluding hydrogens is 366 g/mol. The van der Waals surface area contributed by atoms with Crippen molar-refractivity contribution in [1.82, 2.24) is 10.2 Å². The maximum absolute atomic E-state index is 12.5. The van der Waals surface area contributed by atoms with E-state index >= 15 is 0 Å². The van der Waals surface area contributed by atoms with Crippen molar-refractivity contribution in [3.05, 3.63) is 59.7 Å². The molecule has 0 bridgehead atoms. The van der Waals surface area contributed by atoms with Gasteiger partial charge in [0.1, 0.15) is 5.75 Å². The quantitative estimate of drug-likeness (QED) is 0.688. The lowest BCUT2D eigenvalue weighted by Crippen LogP contribution is -2.37. The van der Waals surface area contributed by atoms with Crippen molar-refractivity contribution in [2.24, 2.45) is 0 Å². The first-order chi connectivity index (χ1) is 13.8. The van der Waals surface area contributed by atoms with E-state index in [9.17, 15) is 9.59 Å². The molecule has 0 radical (unpaired) electrons. The van der Waals surface area contributed by atoms with E-state index in [1.165, 1.54) is 0 Å². The smallest absolute Gasteiger partial charge is 0.321 e. The molecule has 2 aromatic carbocycles. The van der Waals surface area contributed by atoms with Crippen LogP contribution in [0.1, 0.15) is 44.9 Å². The number of anilines is 1. The van der Waals surface area contributed by atoms with Gasteiger partial charge in [-0.3, -0.25) is 4.79 Å². The summed E-state index contributed by atoms with van der Waals surface area (Å²) >= 11 is 0. The molecule has 0 aliphatic heterocycles. The van der Waals surface area contributed by atoms with Crippen molar-refractivity contribution in [3.63, 3.8) is 0 Å². The van der Waals surface area contributed by atoms with E-state index in [1.807, 2.05) is 76.2 Å². The second-order valence-electron chi connectivity index (χ2n) is 7.03. The third-order valence-corrected chi connectivity index (χ3v) is 4.77. The number of hydrogen-bond acceptors (Lipinski definition) is 3. The van der Waals surface area contributed by atoms with Gasteiger partial charge in [0.2, 0.25) is 0 Å². The molecule has 2 aromatic rings. The van der Waals surface area contributed by atoms with Gasteiger partial charge in [-0.05, 0) is 64.4 Å². The number of ether oxygens (including phenoxy) is 1. The number of carbonyl (C=O) groups is 2. The fourth-order valence-electron chi connectivity index (χ4n) is 2.86. The van der Waals surface area contributed by atoms with E-state index in [0.29, 0.717) is 18.8 Å². The number of benzene rings is 2. The van der Waals surface area contributed by atoms with Crippen LogP contribution in [0.2, 0.25) is 0 Å². The van der Waals surface area contributed by atoms with Crippen molar-refractivity contribution < 1.29 is 14.3 Å². The number of aryl methyl sites for hydroxylation is 1. The summed E-state index contributed by atoms with van der Waals surface area (Å²) in [6.07, 6.45) is -0.604. The molecule has 2 unspecified atom stereocenters. The Balaban J connectivity index is 1.90. The molecule has 156 valence electrons. The highest BCUT2D eigenvalue weighted by Crippen LogP contribution is 2.18. The Labute approximate surface area is 173 Å². The normalized spacial score (nSPS) is 12.6. The van der Waals surface area contributed by atoms with E-state index in [2.05, 4.69) is 10.6 Å². The molecular formula is C23H31N3O3. The monoisotopic (exact) mass is 397 g/mol. The van der Waals surface area contributed by atoms with E-state index in [0.717, 1.165) is 16.8 Å². The predicted octanol–water partition coefficient (Wildman–Crippen LogP) is 4.51. The predicted molar refractivity (Wildman–Crippen MR) is 116 cm³/mol. The second-order valence-corrected chi connectivity index (χ2v) is 7.03. The third-order valence-electron chi connectivity index (χ3n) is 4.77. The maximum atomic E-state index is 12.5. The van der Waals surface area contributed by atoms with E-state index in [4.69, 9.17) is 4.74 Å². The van der Waals surface area contributed by atoms with Crippen molar-refractivity contribution >= 4 is 17.6 Å². The highest BCUT2D eigenvalue weighted by molar-refractivity contribution is 5.89. The molecule has 0 aliphatic carbocycles. The Hall–Kier alpha value is -3.02. The van der Waals surface area contributed by atoms with Crippen molar-refractivity contribution in [2.75, 3.05) is 18.4 Å². The molecule has 0 heterocycles. The highest BCUT2D eigenvalue weighted by atomic mass is 16.5. The number of carbonyl (C=O) groups excluding carboxylic acids is 2. The largest absolute Gasteiger partial charge is 0.481 e. The molecule has 0 aromatic heterocycles. The fraction of sp³-hybridized carbons (Fsp3) is 0.391. The lowest BCUT2D eigenvalue weighted by molar-refractivity contribution is -0.127. The third kappa shape index (κ3) is 6.52. The fourth-order valence-corrected chi connectivity index (χ4v) is 2.86. The Morgan fingerprint density at radius 2 is 1.55 bits per heavy atom. The van der Waals surface area contributed by atoms with Crippen LogP contribution >= 0.6 is 0 Å². The van der Waals surface area contributed by atoms with Gasteiger partial charge in [0.25, 0.3) is 5.91 Å². The minimum absolute atomic E-state index is 0.119. The minimum atomic E-state index is -0.604. The summed E-state index contributed by atoms with van der Waals surface area (Å²) in [5.74, 6) is 0.483. The lowest BCUT2D eigenvalue weighted by Gasteiger charge is -2.20. The van der Waals surface area contributed by atoms with Gasteiger partial charge in [-0.1, -0.05) is 29.8 Å². The van der Waals surface area contributed by atoms with Crippen LogP contribution in [-0.4, -0.2) is 36.0 Å². The first-order valence-electron chi connectivity index (χ1n) is 10.0. The number of urea groups is 1. The molecule has 3 amide bonds. The molecule has 6 heteroatoms. The van der Waals surface area contributed by atoms with Gasteiger partial charge in [0, 0.05) is 18.8 Å². The summed E-state index contributed by atoms with van der Waals surface area (Å²) in [6, 6.07) is 14.8. The summed E-state index contributed by atoms with van der Waals surface area (Å²) in [5.41, 5.74) is 2.81. The molecule has 29 heavy (non-hydrogen) atoms. The molecule has 0 spiro atoms. The topological polar surface area (TPSA) is 70.7 Å². The van der Waals surface area contributed by atoms with E-state index < -0.39 is 6.10 Å². The van der Waals surface area contributed by atoms with Crippen LogP contribution < -0.4 is 15.4 Å². The summed E-state index contributed by atoms with van der Waals surface area (Å²) in [5, 5.41) is 5.84. The Kier molecular flexibility index (Phi) is 8.07. The van der Waals surface area contributed by atoms with Crippen LogP contribution in [0.3, 0.4) is 0 Å². The van der Waals surface area contributed by atoms with Gasteiger partial charge in [-0.25, -0.2) is 4.79 Å². The molecule has 2 rings (SSSR count).